The van der Waals surface area contributed by atoms with Gasteiger partial charge in [-0.15, -0.1) is 0 Å². The van der Waals surface area contributed by atoms with Crippen molar-refractivity contribution in [3.63, 3.8) is 0 Å². The summed E-state index contributed by atoms with van der Waals surface area (Å²) in [7, 11) is 0. The van der Waals surface area contributed by atoms with E-state index in [1.165, 1.54) is 0 Å². The van der Waals surface area contributed by atoms with Crippen molar-refractivity contribution in [3.8, 4) is 0 Å². The van der Waals surface area contributed by atoms with Crippen molar-refractivity contribution >= 4 is 5.69 Å². The second-order valence-corrected chi connectivity index (χ2v) is 3.18. The molecule has 13 heavy (non-hydrogen) atoms. The Balaban J connectivity index is 3.33. The first-order chi connectivity index (χ1) is 6.06. The fourth-order valence-corrected chi connectivity index (χ4v) is 1.31. The van der Waals surface area contributed by atoms with E-state index in [-0.39, 0.29) is 10.6 Å². The quantitative estimate of drug-likeness (QED) is 0.517. The molecule has 0 saturated heterocycles. The SMILES string of the molecule is CCc1cc(C)c(C)cc1[N+](=O)[O-]. The average molecular weight is 179 g/mol. The molecule has 0 aliphatic heterocycles. The number of hydrogen-bond donors (Lipinski definition) is 0. The molecule has 0 aliphatic rings. The Morgan fingerprint density at radius 1 is 1.31 bits per heavy atom. The molecule has 0 radical (unpaired) electrons. The molecule has 0 heterocycles. The summed E-state index contributed by atoms with van der Waals surface area (Å²) in [5.41, 5.74) is 3.14. The van der Waals surface area contributed by atoms with Crippen molar-refractivity contribution in [1.82, 2.24) is 0 Å². The van der Waals surface area contributed by atoms with E-state index in [1.54, 1.807) is 6.07 Å². The number of aryl methyl sites for hydroxylation is 3. The van der Waals surface area contributed by atoms with E-state index in [0.29, 0.717) is 6.42 Å². The third-order valence-electron chi connectivity index (χ3n) is 2.27. The Morgan fingerprint density at radius 3 is 2.31 bits per heavy atom. The highest BCUT2D eigenvalue weighted by Gasteiger charge is 2.13. The van der Waals surface area contributed by atoms with Gasteiger partial charge in [0, 0.05) is 11.6 Å². The van der Waals surface area contributed by atoms with Gasteiger partial charge in [0.25, 0.3) is 5.69 Å². The van der Waals surface area contributed by atoms with Crippen molar-refractivity contribution in [2.75, 3.05) is 0 Å². The van der Waals surface area contributed by atoms with Crippen LogP contribution in [0.15, 0.2) is 12.1 Å². The predicted octanol–water partition coefficient (Wildman–Crippen LogP) is 2.77. The summed E-state index contributed by atoms with van der Waals surface area (Å²) in [6.07, 6.45) is 0.706. The van der Waals surface area contributed by atoms with E-state index in [1.807, 2.05) is 26.8 Å². The lowest BCUT2D eigenvalue weighted by Gasteiger charge is -2.04. The molecular formula is C10H13NO2. The lowest BCUT2D eigenvalue weighted by molar-refractivity contribution is -0.385. The van der Waals surface area contributed by atoms with Crippen LogP contribution in [0.3, 0.4) is 0 Å². The number of nitrogens with zero attached hydrogens (tertiary/aromatic N) is 1. The van der Waals surface area contributed by atoms with Gasteiger partial charge in [-0.3, -0.25) is 10.1 Å². The van der Waals surface area contributed by atoms with Gasteiger partial charge in [-0.2, -0.15) is 0 Å². The maximum Gasteiger partial charge on any atom is 0.272 e. The highest BCUT2D eigenvalue weighted by molar-refractivity contribution is 5.46. The second kappa shape index (κ2) is 3.56. The summed E-state index contributed by atoms with van der Waals surface area (Å²) in [5, 5.41) is 10.6. The van der Waals surface area contributed by atoms with E-state index in [0.717, 1.165) is 16.7 Å². The standard InChI is InChI=1S/C10H13NO2/c1-4-9-5-7(2)8(3)6-10(9)11(12)13/h5-6H,4H2,1-3H3. The number of nitro benzene ring substituents is 1. The molecule has 70 valence electrons. The van der Waals surface area contributed by atoms with Crippen molar-refractivity contribution in [1.29, 1.82) is 0 Å². The Bertz CT molecular complexity index is 345. The molecule has 0 saturated carbocycles. The van der Waals surface area contributed by atoms with Gasteiger partial charge in [0.2, 0.25) is 0 Å². The number of benzene rings is 1. The van der Waals surface area contributed by atoms with Gasteiger partial charge in [-0.25, -0.2) is 0 Å². The smallest absolute Gasteiger partial charge is 0.258 e. The molecule has 1 rings (SSSR count). The molecule has 0 atom stereocenters. The maximum absolute atomic E-state index is 10.6. The van der Waals surface area contributed by atoms with Crippen LogP contribution in [-0.4, -0.2) is 4.92 Å². The van der Waals surface area contributed by atoms with E-state index in [4.69, 9.17) is 0 Å². The van der Waals surface area contributed by atoms with Crippen LogP contribution in [0.5, 0.6) is 0 Å². The van der Waals surface area contributed by atoms with Crippen LogP contribution in [0.4, 0.5) is 5.69 Å². The first-order valence-electron chi connectivity index (χ1n) is 4.30. The predicted molar refractivity (Wildman–Crippen MR) is 51.9 cm³/mol. The lowest BCUT2D eigenvalue weighted by atomic mass is 10.0. The Labute approximate surface area is 77.5 Å². The minimum Gasteiger partial charge on any atom is -0.258 e. The summed E-state index contributed by atoms with van der Waals surface area (Å²) in [4.78, 5) is 10.3. The molecule has 0 aromatic heterocycles. The largest absolute Gasteiger partial charge is 0.272 e. The Hall–Kier alpha value is -1.38. The monoisotopic (exact) mass is 179 g/mol. The van der Waals surface area contributed by atoms with Gasteiger partial charge in [0.05, 0.1) is 4.92 Å². The minimum atomic E-state index is -0.314. The summed E-state index contributed by atoms with van der Waals surface area (Å²) in [6, 6.07) is 3.54. The highest BCUT2D eigenvalue weighted by atomic mass is 16.6. The van der Waals surface area contributed by atoms with E-state index in [9.17, 15) is 10.1 Å². The van der Waals surface area contributed by atoms with Crippen molar-refractivity contribution in [2.24, 2.45) is 0 Å². The molecule has 0 spiro atoms. The van der Waals surface area contributed by atoms with Crippen LogP contribution in [0.2, 0.25) is 0 Å². The molecule has 3 heteroatoms. The molecule has 0 amide bonds. The van der Waals surface area contributed by atoms with E-state index in [2.05, 4.69) is 0 Å². The van der Waals surface area contributed by atoms with Crippen molar-refractivity contribution in [3.05, 3.63) is 38.9 Å². The number of hydrogen-bond acceptors (Lipinski definition) is 2. The molecule has 1 aromatic rings. The molecule has 3 nitrogen and oxygen atoms in total. The molecule has 0 aliphatic carbocycles. The van der Waals surface area contributed by atoms with Gasteiger partial charge in [0.1, 0.15) is 0 Å². The Kier molecular flexibility index (Phi) is 2.66. The Morgan fingerprint density at radius 2 is 1.85 bits per heavy atom. The summed E-state index contributed by atoms with van der Waals surface area (Å²) < 4.78 is 0. The van der Waals surface area contributed by atoms with Crippen LogP contribution in [-0.2, 0) is 6.42 Å². The van der Waals surface area contributed by atoms with E-state index >= 15 is 0 Å². The average Bonchev–Trinajstić information content (AvgIpc) is 2.08. The fourth-order valence-electron chi connectivity index (χ4n) is 1.31. The van der Waals surface area contributed by atoms with Gasteiger partial charge >= 0.3 is 0 Å². The first kappa shape index (κ1) is 9.71. The van der Waals surface area contributed by atoms with Crippen LogP contribution in [0.25, 0.3) is 0 Å². The molecule has 0 fully saturated rings. The van der Waals surface area contributed by atoms with Crippen LogP contribution >= 0.6 is 0 Å². The van der Waals surface area contributed by atoms with Gasteiger partial charge in [0.15, 0.2) is 0 Å². The fraction of sp³-hybridized carbons (Fsp3) is 0.400. The van der Waals surface area contributed by atoms with Crippen molar-refractivity contribution < 1.29 is 4.92 Å². The molecule has 0 N–H and O–H groups in total. The maximum atomic E-state index is 10.6. The van der Waals surface area contributed by atoms with Crippen LogP contribution in [0.1, 0.15) is 23.6 Å². The summed E-state index contributed by atoms with van der Waals surface area (Å²) >= 11 is 0. The van der Waals surface area contributed by atoms with Gasteiger partial charge in [-0.05, 0) is 37.5 Å². The van der Waals surface area contributed by atoms with Crippen LogP contribution < -0.4 is 0 Å². The normalized spacial score (nSPS) is 10.1. The zero-order chi connectivity index (χ0) is 10.0. The van der Waals surface area contributed by atoms with Gasteiger partial charge < -0.3 is 0 Å². The number of rotatable bonds is 2. The number of nitro groups is 1. The topological polar surface area (TPSA) is 43.1 Å². The van der Waals surface area contributed by atoms with Crippen LogP contribution in [0, 0.1) is 24.0 Å². The summed E-state index contributed by atoms with van der Waals surface area (Å²) in [6.45, 7) is 5.79. The van der Waals surface area contributed by atoms with Gasteiger partial charge in [-0.1, -0.05) is 6.92 Å². The van der Waals surface area contributed by atoms with Crippen molar-refractivity contribution in [2.45, 2.75) is 27.2 Å². The van der Waals surface area contributed by atoms with E-state index < -0.39 is 0 Å². The highest BCUT2D eigenvalue weighted by Crippen LogP contribution is 2.23. The zero-order valence-electron chi connectivity index (χ0n) is 8.13. The minimum absolute atomic E-state index is 0.241. The third-order valence-corrected chi connectivity index (χ3v) is 2.27. The zero-order valence-corrected chi connectivity index (χ0v) is 8.13. The second-order valence-electron chi connectivity index (χ2n) is 3.18. The molecule has 0 unspecified atom stereocenters. The molecular weight excluding hydrogens is 166 g/mol. The first-order valence-corrected chi connectivity index (χ1v) is 4.30. The lowest BCUT2D eigenvalue weighted by Crippen LogP contribution is -1.96. The third kappa shape index (κ3) is 1.86. The molecule has 1 aromatic carbocycles. The summed E-state index contributed by atoms with van der Waals surface area (Å²) in [5.74, 6) is 0. The molecule has 0 bridgehead atoms.